The number of halogens is 1. The molecular formula is C13H21BrN2. The van der Waals surface area contributed by atoms with Crippen LogP contribution in [-0.4, -0.2) is 12.0 Å². The number of hydrogen-bond donors (Lipinski definition) is 1. The number of nitrogens with one attached hydrogen (secondary N) is 1. The molecular weight excluding hydrogens is 264 g/mol. The first-order valence-corrected chi connectivity index (χ1v) is 6.79. The molecule has 1 rings (SSSR count). The van der Waals surface area contributed by atoms with E-state index in [2.05, 4.69) is 46.1 Å². The number of aromatic nitrogens is 1. The minimum atomic E-state index is 0.348. The van der Waals surface area contributed by atoms with Crippen LogP contribution in [0.2, 0.25) is 0 Å². The monoisotopic (exact) mass is 284 g/mol. The van der Waals surface area contributed by atoms with Crippen molar-refractivity contribution >= 4 is 15.9 Å². The van der Waals surface area contributed by atoms with Gasteiger partial charge in [0.15, 0.2) is 0 Å². The van der Waals surface area contributed by atoms with Crippen molar-refractivity contribution in [2.24, 2.45) is 5.92 Å². The molecule has 0 aliphatic carbocycles. The van der Waals surface area contributed by atoms with E-state index in [4.69, 9.17) is 0 Å². The SMILES string of the molecule is CCC(CC)CC(NC)c1ncccc1Br. The maximum Gasteiger partial charge on any atom is 0.0714 e. The van der Waals surface area contributed by atoms with Crippen LogP contribution in [0, 0.1) is 5.92 Å². The number of nitrogens with zero attached hydrogens (tertiary/aromatic N) is 1. The van der Waals surface area contributed by atoms with Crippen LogP contribution in [0.4, 0.5) is 0 Å². The molecule has 0 aliphatic heterocycles. The maximum atomic E-state index is 4.46. The van der Waals surface area contributed by atoms with E-state index in [1.165, 1.54) is 12.8 Å². The minimum Gasteiger partial charge on any atom is -0.312 e. The normalized spacial score (nSPS) is 13.1. The van der Waals surface area contributed by atoms with Gasteiger partial charge in [-0.15, -0.1) is 0 Å². The predicted octanol–water partition coefficient (Wildman–Crippen LogP) is 3.93. The first-order valence-electron chi connectivity index (χ1n) is 6.00. The summed E-state index contributed by atoms with van der Waals surface area (Å²) in [5, 5.41) is 3.37. The van der Waals surface area contributed by atoms with Gasteiger partial charge in [0.05, 0.1) is 11.7 Å². The smallest absolute Gasteiger partial charge is 0.0714 e. The molecule has 1 aromatic rings. The van der Waals surface area contributed by atoms with Crippen molar-refractivity contribution in [2.75, 3.05) is 7.05 Å². The summed E-state index contributed by atoms with van der Waals surface area (Å²) in [6, 6.07) is 4.36. The molecule has 1 heterocycles. The Morgan fingerprint density at radius 3 is 2.56 bits per heavy atom. The van der Waals surface area contributed by atoms with Crippen molar-refractivity contribution in [2.45, 2.75) is 39.2 Å². The summed E-state index contributed by atoms with van der Waals surface area (Å²) in [4.78, 5) is 4.46. The van der Waals surface area contributed by atoms with E-state index in [0.717, 1.165) is 22.5 Å². The van der Waals surface area contributed by atoms with E-state index in [9.17, 15) is 0 Å². The second-order valence-electron chi connectivity index (χ2n) is 4.13. The van der Waals surface area contributed by atoms with Gasteiger partial charge in [-0.2, -0.15) is 0 Å². The second kappa shape index (κ2) is 7.02. The maximum absolute atomic E-state index is 4.46. The largest absolute Gasteiger partial charge is 0.312 e. The van der Waals surface area contributed by atoms with Gasteiger partial charge >= 0.3 is 0 Å². The molecule has 0 radical (unpaired) electrons. The van der Waals surface area contributed by atoms with Crippen molar-refractivity contribution in [3.8, 4) is 0 Å². The lowest BCUT2D eigenvalue weighted by molar-refractivity contribution is 0.380. The molecule has 3 heteroatoms. The van der Waals surface area contributed by atoms with E-state index in [1.54, 1.807) is 0 Å². The molecule has 0 spiro atoms. The molecule has 1 unspecified atom stereocenters. The summed E-state index contributed by atoms with van der Waals surface area (Å²) in [7, 11) is 2.01. The van der Waals surface area contributed by atoms with Crippen molar-refractivity contribution in [1.82, 2.24) is 10.3 Å². The first-order chi connectivity index (χ1) is 7.72. The Hall–Kier alpha value is -0.410. The molecule has 16 heavy (non-hydrogen) atoms. The van der Waals surface area contributed by atoms with E-state index < -0.39 is 0 Å². The summed E-state index contributed by atoms with van der Waals surface area (Å²) in [5.41, 5.74) is 1.12. The van der Waals surface area contributed by atoms with Crippen LogP contribution in [0.5, 0.6) is 0 Å². The third-order valence-corrected chi connectivity index (χ3v) is 3.86. The van der Waals surface area contributed by atoms with E-state index in [-0.39, 0.29) is 0 Å². The molecule has 0 fully saturated rings. The van der Waals surface area contributed by atoms with Gasteiger partial charge in [0.2, 0.25) is 0 Å². The van der Waals surface area contributed by atoms with Crippen LogP contribution in [0.15, 0.2) is 22.8 Å². The summed E-state index contributed by atoms with van der Waals surface area (Å²) in [6.45, 7) is 4.52. The van der Waals surface area contributed by atoms with Crippen molar-refractivity contribution < 1.29 is 0 Å². The third kappa shape index (κ3) is 3.56. The van der Waals surface area contributed by atoms with Crippen LogP contribution in [0.25, 0.3) is 0 Å². The lowest BCUT2D eigenvalue weighted by Crippen LogP contribution is -2.21. The van der Waals surface area contributed by atoms with Crippen molar-refractivity contribution in [1.29, 1.82) is 0 Å². The standard InChI is InChI=1S/C13H21BrN2/c1-4-10(5-2)9-12(15-3)13-11(14)7-6-8-16-13/h6-8,10,12,15H,4-5,9H2,1-3H3. The second-order valence-corrected chi connectivity index (χ2v) is 4.98. The van der Waals surface area contributed by atoms with Crippen LogP contribution < -0.4 is 5.32 Å². The summed E-state index contributed by atoms with van der Waals surface area (Å²) >= 11 is 3.57. The number of rotatable bonds is 6. The Bertz CT molecular complexity index is 311. The quantitative estimate of drug-likeness (QED) is 0.856. The zero-order valence-electron chi connectivity index (χ0n) is 10.3. The molecule has 0 saturated carbocycles. The van der Waals surface area contributed by atoms with Gasteiger partial charge in [0.25, 0.3) is 0 Å². The molecule has 1 N–H and O–H groups in total. The number of pyridine rings is 1. The minimum absolute atomic E-state index is 0.348. The van der Waals surface area contributed by atoms with Gasteiger partial charge in [0.1, 0.15) is 0 Å². The zero-order valence-corrected chi connectivity index (χ0v) is 11.9. The summed E-state index contributed by atoms with van der Waals surface area (Å²) in [6.07, 6.45) is 5.48. The molecule has 1 aromatic heterocycles. The van der Waals surface area contributed by atoms with Crippen LogP contribution in [0.3, 0.4) is 0 Å². The van der Waals surface area contributed by atoms with Gasteiger partial charge in [0, 0.05) is 10.7 Å². The Kier molecular flexibility index (Phi) is 5.99. The molecule has 2 nitrogen and oxygen atoms in total. The van der Waals surface area contributed by atoms with Crippen molar-refractivity contribution in [3.63, 3.8) is 0 Å². The highest BCUT2D eigenvalue weighted by molar-refractivity contribution is 9.10. The number of hydrogen-bond acceptors (Lipinski definition) is 2. The molecule has 0 saturated heterocycles. The first kappa shape index (κ1) is 13.7. The van der Waals surface area contributed by atoms with Gasteiger partial charge in [-0.05, 0) is 47.4 Å². The lowest BCUT2D eigenvalue weighted by atomic mass is 9.93. The molecule has 1 atom stereocenters. The van der Waals surface area contributed by atoms with Gasteiger partial charge in [-0.3, -0.25) is 4.98 Å². The fourth-order valence-corrected chi connectivity index (χ4v) is 2.51. The van der Waals surface area contributed by atoms with Crippen molar-refractivity contribution in [3.05, 3.63) is 28.5 Å². The highest BCUT2D eigenvalue weighted by Crippen LogP contribution is 2.28. The average molecular weight is 285 g/mol. The Morgan fingerprint density at radius 1 is 1.38 bits per heavy atom. The molecule has 0 amide bonds. The Balaban J connectivity index is 2.78. The lowest BCUT2D eigenvalue weighted by Gasteiger charge is -2.21. The van der Waals surface area contributed by atoms with Gasteiger partial charge in [-0.25, -0.2) is 0 Å². The van der Waals surface area contributed by atoms with E-state index >= 15 is 0 Å². The van der Waals surface area contributed by atoms with Crippen LogP contribution >= 0.6 is 15.9 Å². The molecule has 90 valence electrons. The summed E-state index contributed by atoms with van der Waals surface area (Å²) < 4.78 is 1.10. The fraction of sp³-hybridized carbons (Fsp3) is 0.615. The average Bonchev–Trinajstić information content (AvgIpc) is 2.32. The third-order valence-electron chi connectivity index (χ3n) is 3.19. The van der Waals surface area contributed by atoms with E-state index in [1.807, 2.05) is 19.3 Å². The van der Waals surface area contributed by atoms with E-state index in [0.29, 0.717) is 6.04 Å². The highest BCUT2D eigenvalue weighted by atomic mass is 79.9. The topological polar surface area (TPSA) is 24.9 Å². The predicted molar refractivity (Wildman–Crippen MR) is 72.4 cm³/mol. The Labute approximate surface area is 107 Å². The van der Waals surface area contributed by atoms with Crippen LogP contribution in [-0.2, 0) is 0 Å². The molecule has 0 aromatic carbocycles. The highest BCUT2D eigenvalue weighted by Gasteiger charge is 2.17. The summed E-state index contributed by atoms with van der Waals surface area (Å²) in [5.74, 6) is 0.770. The van der Waals surface area contributed by atoms with Gasteiger partial charge in [-0.1, -0.05) is 26.7 Å². The van der Waals surface area contributed by atoms with Gasteiger partial charge < -0.3 is 5.32 Å². The zero-order chi connectivity index (χ0) is 12.0. The fourth-order valence-electron chi connectivity index (χ4n) is 1.98. The van der Waals surface area contributed by atoms with Crippen LogP contribution in [0.1, 0.15) is 44.8 Å². The Morgan fingerprint density at radius 2 is 2.06 bits per heavy atom. The molecule has 0 bridgehead atoms. The molecule has 0 aliphatic rings.